The zero-order valence-electron chi connectivity index (χ0n) is 13.5. The lowest BCUT2D eigenvalue weighted by atomic mass is 9.99. The molecule has 0 aliphatic rings. The van der Waals surface area contributed by atoms with Gasteiger partial charge in [0.05, 0.1) is 13.0 Å². The second-order valence-electron chi connectivity index (χ2n) is 5.27. The third-order valence-corrected chi connectivity index (χ3v) is 3.61. The predicted molar refractivity (Wildman–Crippen MR) is 89.1 cm³/mol. The van der Waals surface area contributed by atoms with Gasteiger partial charge in [0.25, 0.3) is 0 Å². The molecule has 0 spiro atoms. The van der Waals surface area contributed by atoms with Crippen molar-refractivity contribution >= 4 is 17.7 Å². The number of nitrogens with one attached hydrogen (secondary N) is 2. The summed E-state index contributed by atoms with van der Waals surface area (Å²) in [5.41, 5.74) is 1.82. The minimum atomic E-state index is -0.605. The molecule has 6 heteroatoms. The molecule has 0 aliphatic heterocycles. The van der Waals surface area contributed by atoms with Gasteiger partial charge >= 0.3 is 6.09 Å². The zero-order valence-corrected chi connectivity index (χ0v) is 13.5. The monoisotopic (exact) mass is 330 g/mol. The molecule has 0 saturated heterocycles. The summed E-state index contributed by atoms with van der Waals surface area (Å²) in [5, 5.41) is 5.32. The van der Waals surface area contributed by atoms with Crippen LogP contribution in [-0.4, -0.2) is 19.1 Å². The van der Waals surface area contributed by atoms with Crippen LogP contribution in [0.25, 0.3) is 0 Å². The van der Waals surface area contributed by atoms with E-state index in [1.165, 1.54) is 13.2 Å². The van der Waals surface area contributed by atoms with Crippen molar-refractivity contribution in [2.75, 3.05) is 12.4 Å². The second-order valence-corrected chi connectivity index (χ2v) is 5.27. The van der Waals surface area contributed by atoms with Crippen molar-refractivity contribution in [3.8, 4) is 0 Å². The number of carbonyl (C=O) groups excluding carboxylic acids is 2. The molecule has 0 fully saturated rings. The first kappa shape index (κ1) is 17.5. The van der Waals surface area contributed by atoms with Gasteiger partial charge in [-0.2, -0.15) is 0 Å². The topological polar surface area (TPSA) is 67.4 Å². The summed E-state index contributed by atoms with van der Waals surface area (Å²) in [7, 11) is 1.30. The molecule has 0 saturated carbocycles. The molecule has 0 radical (unpaired) electrons. The van der Waals surface area contributed by atoms with Gasteiger partial charge in [-0.3, -0.25) is 4.79 Å². The molecule has 2 aromatic carbocycles. The van der Waals surface area contributed by atoms with Crippen LogP contribution in [0.5, 0.6) is 0 Å². The Morgan fingerprint density at radius 2 is 1.79 bits per heavy atom. The van der Waals surface area contributed by atoms with Gasteiger partial charge in [-0.15, -0.1) is 0 Å². The van der Waals surface area contributed by atoms with Crippen molar-refractivity contribution in [1.82, 2.24) is 5.32 Å². The Morgan fingerprint density at radius 3 is 2.42 bits per heavy atom. The molecule has 24 heavy (non-hydrogen) atoms. The molecule has 126 valence electrons. The standard InChI is InChI=1S/C18H19FN2O3/c1-12(15-5-3-4-6-16(15)19)17(22)21-14-9-7-13(8-10-14)11-20-18(23)24-2/h3-10,12H,11H2,1-2H3,(H,20,23)(H,21,22)/t12-/m0/s1. The maximum Gasteiger partial charge on any atom is 0.407 e. The van der Waals surface area contributed by atoms with E-state index in [0.29, 0.717) is 17.8 Å². The van der Waals surface area contributed by atoms with E-state index in [4.69, 9.17) is 0 Å². The molecule has 2 N–H and O–H groups in total. The first-order valence-corrected chi connectivity index (χ1v) is 7.47. The highest BCUT2D eigenvalue weighted by Gasteiger charge is 2.18. The van der Waals surface area contributed by atoms with E-state index in [9.17, 15) is 14.0 Å². The Morgan fingerprint density at radius 1 is 1.12 bits per heavy atom. The molecule has 0 heterocycles. The first-order valence-electron chi connectivity index (χ1n) is 7.47. The summed E-state index contributed by atoms with van der Waals surface area (Å²) in [6.45, 7) is 1.98. The Balaban J connectivity index is 1.97. The zero-order chi connectivity index (χ0) is 17.5. The number of benzene rings is 2. The van der Waals surface area contributed by atoms with Crippen molar-refractivity contribution in [1.29, 1.82) is 0 Å². The highest BCUT2D eigenvalue weighted by molar-refractivity contribution is 5.95. The lowest BCUT2D eigenvalue weighted by molar-refractivity contribution is -0.117. The Kier molecular flexibility index (Phi) is 5.89. The van der Waals surface area contributed by atoms with Gasteiger partial charge < -0.3 is 15.4 Å². The number of hydrogen-bond donors (Lipinski definition) is 2. The highest BCUT2D eigenvalue weighted by atomic mass is 19.1. The number of methoxy groups -OCH3 is 1. The lowest BCUT2D eigenvalue weighted by Gasteiger charge is -2.13. The predicted octanol–water partition coefficient (Wildman–Crippen LogP) is 3.42. The molecule has 0 bridgehead atoms. The van der Waals surface area contributed by atoms with Gasteiger partial charge in [-0.1, -0.05) is 30.3 Å². The van der Waals surface area contributed by atoms with Crippen LogP contribution >= 0.6 is 0 Å². The molecule has 2 amide bonds. The fourth-order valence-electron chi connectivity index (χ4n) is 2.17. The number of rotatable bonds is 5. The van der Waals surface area contributed by atoms with Crippen LogP contribution in [0, 0.1) is 5.82 Å². The summed E-state index contributed by atoms with van der Waals surface area (Å²) in [4.78, 5) is 23.3. The number of ether oxygens (including phenoxy) is 1. The van der Waals surface area contributed by atoms with Crippen LogP contribution in [0.2, 0.25) is 0 Å². The molecule has 2 rings (SSSR count). The van der Waals surface area contributed by atoms with Crippen LogP contribution in [0.15, 0.2) is 48.5 Å². The fourth-order valence-corrected chi connectivity index (χ4v) is 2.17. The van der Waals surface area contributed by atoms with Crippen molar-refractivity contribution in [2.45, 2.75) is 19.4 Å². The van der Waals surface area contributed by atoms with Gasteiger partial charge in [0.1, 0.15) is 5.82 Å². The van der Waals surface area contributed by atoms with Crippen LogP contribution in [0.4, 0.5) is 14.9 Å². The SMILES string of the molecule is COC(=O)NCc1ccc(NC(=O)[C@@H](C)c2ccccc2F)cc1. The smallest absolute Gasteiger partial charge is 0.407 e. The maximum absolute atomic E-state index is 13.7. The van der Waals surface area contributed by atoms with E-state index in [-0.39, 0.29) is 5.91 Å². The van der Waals surface area contributed by atoms with Gasteiger partial charge in [0, 0.05) is 12.2 Å². The molecule has 0 unspecified atom stereocenters. The summed E-state index contributed by atoms with van der Waals surface area (Å²) >= 11 is 0. The second kappa shape index (κ2) is 8.10. The van der Waals surface area contributed by atoms with E-state index in [1.807, 2.05) is 0 Å². The normalized spacial score (nSPS) is 11.5. The Bertz CT molecular complexity index is 716. The van der Waals surface area contributed by atoms with Crippen LogP contribution in [0.1, 0.15) is 24.0 Å². The minimum Gasteiger partial charge on any atom is -0.453 e. The summed E-state index contributed by atoms with van der Waals surface area (Å²) in [6.07, 6.45) is -0.508. The van der Waals surface area contributed by atoms with Crippen LogP contribution in [0.3, 0.4) is 0 Å². The quantitative estimate of drug-likeness (QED) is 0.882. The number of alkyl carbamates (subject to hydrolysis) is 1. The number of carbonyl (C=O) groups is 2. The van der Waals surface area contributed by atoms with Crippen molar-refractivity contribution in [2.24, 2.45) is 0 Å². The summed E-state index contributed by atoms with van der Waals surface area (Å²) in [6, 6.07) is 13.2. The Hall–Kier alpha value is -2.89. The number of halogens is 1. The lowest BCUT2D eigenvalue weighted by Crippen LogP contribution is -2.22. The van der Waals surface area contributed by atoms with Gasteiger partial charge in [0.15, 0.2) is 0 Å². The fraction of sp³-hybridized carbons (Fsp3) is 0.222. The molecular formula is C18H19FN2O3. The van der Waals surface area contributed by atoms with E-state index in [0.717, 1.165) is 5.56 Å². The number of anilines is 1. The molecule has 5 nitrogen and oxygen atoms in total. The van der Waals surface area contributed by atoms with Gasteiger partial charge in [-0.25, -0.2) is 9.18 Å². The minimum absolute atomic E-state index is 0.291. The first-order chi connectivity index (χ1) is 11.5. The number of amides is 2. The molecule has 0 aromatic heterocycles. The highest BCUT2D eigenvalue weighted by Crippen LogP contribution is 2.20. The average molecular weight is 330 g/mol. The third kappa shape index (κ3) is 4.55. The van der Waals surface area contributed by atoms with E-state index < -0.39 is 17.8 Å². The van der Waals surface area contributed by atoms with Crippen LogP contribution in [-0.2, 0) is 16.1 Å². The van der Waals surface area contributed by atoms with E-state index >= 15 is 0 Å². The number of hydrogen-bond acceptors (Lipinski definition) is 3. The van der Waals surface area contributed by atoms with Gasteiger partial charge in [-0.05, 0) is 36.2 Å². The van der Waals surface area contributed by atoms with Gasteiger partial charge in [0.2, 0.25) is 5.91 Å². The Labute approximate surface area is 139 Å². The van der Waals surface area contributed by atoms with Crippen molar-refractivity contribution in [3.05, 3.63) is 65.5 Å². The van der Waals surface area contributed by atoms with Crippen molar-refractivity contribution in [3.63, 3.8) is 0 Å². The molecule has 2 aromatic rings. The average Bonchev–Trinajstić information content (AvgIpc) is 2.60. The molecule has 1 atom stereocenters. The maximum atomic E-state index is 13.7. The largest absolute Gasteiger partial charge is 0.453 e. The summed E-state index contributed by atoms with van der Waals surface area (Å²) in [5.74, 6) is -1.29. The molecular weight excluding hydrogens is 311 g/mol. The van der Waals surface area contributed by atoms with Crippen molar-refractivity contribution < 1.29 is 18.7 Å². The summed E-state index contributed by atoms with van der Waals surface area (Å²) < 4.78 is 18.2. The van der Waals surface area contributed by atoms with E-state index in [1.54, 1.807) is 49.4 Å². The third-order valence-electron chi connectivity index (χ3n) is 3.61. The molecule has 0 aliphatic carbocycles. The van der Waals surface area contributed by atoms with E-state index in [2.05, 4.69) is 15.4 Å². The van der Waals surface area contributed by atoms with Crippen LogP contribution < -0.4 is 10.6 Å².